The summed E-state index contributed by atoms with van der Waals surface area (Å²) in [7, 11) is 0. The molecule has 3 heteroatoms. The Hall–Kier alpha value is -0.830. The van der Waals surface area contributed by atoms with Gasteiger partial charge in [-0.25, -0.2) is 4.98 Å². The molecule has 1 heterocycles. The molecule has 1 atom stereocenters. The second-order valence-electron chi connectivity index (χ2n) is 5.47. The summed E-state index contributed by atoms with van der Waals surface area (Å²) >= 11 is 0. The van der Waals surface area contributed by atoms with Crippen molar-refractivity contribution in [1.29, 1.82) is 0 Å². The minimum absolute atomic E-state index is 0.135. The minimum atomic E-state index is 0.135. The number of hydrogen-bond acceptors (Lipinski definition) is 2. The molecule has 0 aliphatic rings. The van der Waals surface area contributed by atoms with Gasteiger partial charge >= 0.3 is 0 Å². The summed E-state index contributed by atoms with van der Waals surface area (Å²) in [5.41, 5.74) is 7.28. The normalized spacial score (nSPS) is 14.1. The summed E-state index contributed by atoms with van der Waals surface area (Å²) in [6.07, 6.45) is 7.48. The number of nitrogens with two attached hydrogens (primary N) is 1. The van der Waals surface area contributed by atoms with Crippen molar-refractivity contribution in [2.45, 2.75) is 58.4 Å². The van der Waals surface area contributed by atoms with E-state index in [2.05, 4.69) is 37.2 Å². The Morgan fingerprint density at radius 2 is 2.12 bits per heavy atom. The highest BCUT2D eigenvalue weighted by Gasteiger charge is 2.21. The minimum Gasteiger partial charge on any atom is -0.330 e. The highest BCUT2D eigenvalue weighted by Crippen LogP contribution is 2.26. The molecule has 0 fully saturated rings. The summed E-state index contributed by atoms with van der Waals surface area (Å²) in [5, 5.41) is 0. The average Bonchev–Trinajstić information content (AvgIpc) is 2.67. The van der Waals surface area contributed by atoms with Gasteiger partial charge in [0, 0.05) is 29.9 Å². The number of imidazole rings is 1. The smallest absolute Gasteiger partial charge is 0.0951 e. The second kappa shape index (κ2) is 5.48. The van der Waals surface area contributed by atoms with E-state index in [1.165, 1.54) is 18.5 Å². The number of unbranched alkanes of at least 4 members (excludes halogenated alkanes) is 1. The van der Waals surface area contributed by atoms with E-state index in [-0.39, 0.29) is 5.41 Å². The van der Waals surface area contributed by atoms with Crippen LogP contribution in [0.5, 0.6) is 0 Å². The molecule has 0 aromatic carbocycles. The van der Waals surface area contributed by atoms with Gasteiger partial charge in [-0.2, -0.15) is 0 Å². The number of hydrogen-bond donors (Lipinski definition) is 1. The van der Waals surface area contributed by atoms with E-state index in [0.29, 0.717) is 12.6 Å². The van der Waals surface area contributed by atoms with Crippen molar-refractivity contribution in [2.24, 2.45) is 5.73 Å². The van der Waals surface area contributed by atoms with Crippen LogP contribution in [-0.4, -0.2) is 16.1 Å². The SMILES string of the molecule is CCCCC(CN)n1cncc1C(C)(C)C. The second-order valence-corrected chi connectivity index (χ2v) is 5.47. The van der Waals surface area contributed by atoms with E-state index >= 15 is 0 Å². The van der Waals surface area contributed by atoms with Crippen LogP contribution in [0.15, 0.2) is 12.5 Å². The molecule has 1 rings (SSSR count). The maximum absolute atomic E-state index is 5.87. The van der Waals surface area contributed by atoms with E-state index < -0.39 is 0 Å². The van der Waals surface area contributed by atoms with Gasteiger partial charge in [0.05, 0.1) is 6.33 Å². The predicted octanol–water partition coefficient (Wildman–Crippen LogP) is 2.87. The molecule has 16 heavy (non-hydrogen) atoms. The molecule has 1 aromatic rings. The predicted molar refractivity (Wildman–Crippen MR) is 68.5 cm³/mol. The van der Waals surface area contributed by atoms with Crippen LogP contribution in [0.2, 0.25) is 0 Å². The number of rotatable bonds is 5. The van der Waals surface area contributed by atoms with Crippen LogP contribution in [0, 0.1) is 0 Å². The average molecular weight is 223 g/mol. The van der Waals surface area contributed by atoms with Crippen molar-refractivity contribution in [3.8, 4) is 0 Å². The molecule has 0 saturated heterocycles. The summed E-state index contributed by atoms with van der Waals surface area (Å²) in [6.45, 7) is 9.56. The van der Waals surface area contributed by atoms with Crippen molar-refractivity contribution in [2.75, 3.05) is 6.54 Å². The topological polar surface area (TPSA) is 43.8 Å². The first-order chi connectivity index (χ1) is 7.50. The van der Waals surface area contributed by atoms with Crippen LogP contribution < -0.4 is 5.73 Å². The summed E-state index contributed by atoms with van der Waals surface area (Å²) in [4.78, 5) is 4.27. The van der Waals surface area contributed by atoms with Crippen LogP contribution in [0.3, 0.4) is 0 Å². The first kappa shape index (κ1) is 13.2. The molecule has 0 aliphatic heterocycles. The molecule has 0 amide bonds. The van der Waals surface area contributed by atoms with E-state index in [0.717, 1.165) is 6.42 Å². The Bertz CT molecular complexity index is 309. The van der Waals surface area contributed by atoms with Gasteiger partial charge in [-0.3, -0.25) is 0 Å². The summed E-state index contributed by atoms with van der Waals surface area (Å²) < 4.78 is 2.26. The fraction of sp³-hybridized carbons (Fsp3) is 0.769. The van der Waals surface area contributed by atoms with Crippen molar-refractivity contribution in [3.05, 3.63) is 18.2 Å². The fourth-order valence-electron chi connectivity index (χ4n) is 1.99. The highest BCUT2D eigenvalue weighted by molar-refractivity contribution is 5.11. The molecule has 0 saturated carbocycles. The lowest BCUT2D eigenvalue weighted by atomic mass is 9.92. The molecule has 1 unspecified atom stereocenters. The van der Waals surface area contributed by atoms with Gasteiger partial charge in [0.15, 0.2) is 0 Å². The van der Waals surface area contributed by atoms with E-state index in [1.807, 2.05) is 12.5 Å². The Morgan fingerprint density at radius 1 is 1.44 bits per heavy atom. The molecule has 0 radical (unpaired) electrons. The zero-order valence-corrected chi connectivity index (χ0v) is 11.0. The zero-order chi connectivity index (χ0) is 12.2. The lowest BCUT2D eigenvalue weighted by Crippen LogP contribution is -2.25. The molecule has 2 N–H and O–H groups in total. The van der Waals surface area contributed by atoms with Gasteiger partial charge < -0.3 is 10.3 Å². The van der Waals surface area contributed by atoms with Crippen molar-refractivity contribution in [3.63, 3.8) is 0 Å². The van der Waals surface area contributed by atoms with Crippen molar-refractivity contribution < 1.29 is 0 Å². The van der Waals surface area contributed by atoms with Crippen molar-refractivity contribution >= 4 is 0 Å². The fourth-order valence-corrected chi connectivity index (χ4v) is 1.99. The third-order valence-electron chi connectivity index (χ3n) is 2.99. The maximum Gasteiger partial charge on any atom is 0.0951 e. The highest BCUT2D eigenvalue weighted by atomic mass is 15.1. The lowest BCUT2D eigenvalue weighted by molar-refractivity contribution is 0.414. The standard InChI is InChI=1S/C13H25N3/c1-5-6-7-11(8-14)16-10-15-9-12(16)13(2,3)4/h9-11H,5-8,14H2,1-4H3. The third kappa shape index (κ3) is 3.08. The quantitative estimate of drug-likeness (QED) is 0.834. The van der Waals surface area contributed by atoms with Gasteiger partial charge in [-0.1, -0.05) is 40.5 Å². The van der Waals surface area contributed by atoms with Crippen LogP contribution in [-0.2, 0) is 5.41 Å². The molecule has 0 bridgehead atoms. The van der Waals surface area contributed by atoms with Gasteiger partial charge in [0.2, 0.25) is 0 Å². The largest absolute Gasteiger partial charge is 0.330 e. The maximum atomic E-state index is 5.87. The summed E-state index contributed by atoms with van der Waals surface area (Å²) in [6, 6.07) is 0.400. The Morgan fingerprint density at radius 3 is 2.62 bits per heavy atom. The molecule has 1 aromatic heterocycles. The first-order valence-electron chi connectivity index (χ1n) is 6.23. The van der Waals surface area contributed by atoms with Gasteiger partial charge in [-0.05, 0) is 6.42 Å². The van der Waals surface area contributed by atoms with E-state index in [9.17, 15) is 0 Å². The first-order valence-corrected chi connectivity index (χ1v) is 6.23. The summed E-state index contributed by atoms with van der Waals surface area (Å²) in [5.74, 6) is 0. The third-order valence-corrected chi connectivity index (χ3v) is 2.99. The Labute approximate surface area is 99.1 Å². The van der Waals surface area contributed by atoms with E-state index in [4.69, 9.17) is 5.73 Å². The van der Waals surface area contributed by atoms with Crippen LogP contribution in [0.1, 0.15) is 58.7 Å². The molecule has 3 nitrogen and oxygen atoms in total. The molecule has 0 aliphatic carbocycles. The molecule has 92 valence electrons. The number of nitrogens with zero attached hydrogens (tertiary/aromatic N) is 2. The Kier molecular flexibility index (Phi) is 4.54. The van der Waals surface area contributed by atoms with Crippen molar-refractivity contribution in [1.82, 2.24) is 9.55 Å². The zero-order valence-electron chi connectivity index (χ0n) is 11.0. The monoisotopic (exact) mass is 223 g/mol. The van der Waals surface area contributed by atoms with Gasteiger partial charge in [0.25, 0.3) is 0 Å². The molecule has 0 spiro atoms. The Balaban J connectivity index is 2.88. The van der Waals surface area contributed by atoms with Crippen LogP contribution >= 0.6 is 0 Å². The molecular weight excluding hydrogens is 198 g/mol. The lowest BCUT2D eigenvalue weighted by Gasteiger charge is -2.26. The van der Waals surface area contributed by atoms with Gasteiger partial charge in [0.1, 0.15) is 0 Å². The number of aromatic nitrogens is 2. The van der Waals surface area contributed by atoms with Crippen LogP contribution in [0.4, 0.5) is 0 Å². The molecular formula is C13H25N3. The van der Waals surface area contributed by atoms with Crippen LogP contribution in [0.25, 0.3) is 0 Å². The van der Waals surface area contributed by atoms with E-state index in [1.54, 1.807) is 0 Å². The van der Waals surface area contributed by atoms with Gasteiger partial charge in [-0.15, -0.1) is 0 Å².